The fourth-order valence-corrected chi connectivity index (χ4v) is 21.6. The number of rotatable bonds is 7. The smallest absolute Gasteiger partial charge is 0.270 e. The van der Waals surface area contributed by atoms with E-state index in [9.17, 15) is 47.3 Å². The van der Waals surface area contributed by atoms with Crippen molar-refractivity contribution in [2.75, 3.05) is 13.1 Å². The topological polar surface area (TPSA) is 332 Å². The Bertz CT molecular complexity index is 2040. The molecule has 20 unspecified atom stereocenters. The molecule has 59 heavy (non-hydrogen) atoms. The van der Waals surface area contributed by atoms with Crippen molar-refractivity contribution in [1.82, 2.24) is 47.3 Å². The average Bonchev–Trinajstić information content (AvgIpc) is 3.91. The molecule has 21 nitrogen and oxygen atoms in total. The van der Waals surface area contributed by atoms with Crippen LogP contribution in [0, 0.1) is 47.3 Å². The predicted octanol–water partition coefficient (Wildman–Crippen LogP) is -2.94. The second-order valence-corrected chi connectivity index (χ2v) is 25.4. The highest BCUT2D eigenvalue weighted by molar-refractivity contribution is 7.95. The zero-order valence-corrected chi connectivity index (χ0v) is 36.0. The monoisotopic (exact) mass is 914 g/mol. The zero-order valence-electron chi connectivity index (χ0n) is 32.8. The quantitative estimate of drug-likeness (QED) is 0.114. The van der Waals surface area contributed by atoms with E-state index in [2.05, 4.69) is 47.3 Å². The van der Waals surface area contributed by atoms with Crippen LogP contribution in [-0.4, -0.2) is 131 Å². The number of sulfonamides is 1. The van der Waals surface area contributed by atoms with E-state index in [4.69, 9.17) is 5.73 Å². The summed E-state index contributed by atoms with van der Waals surface area (Å²) < 4.78 is 145. The minimum atomic E-state index is -5.83. The summed E-state index contributed by atoms with van der Waals surface area (Å²) in [6, 6.07) is 0. The summed E-state index contributed by atoms with van der Waals surface area (Å²) >= 11 is 0. The number of nitrogens with two attached hydrogens (primary N) is 1. The van der Waals surface area contributed by atoms with E-state index in [-0.39, 0.29) is 54.9 Å². The van der Waals surface area contributed by atoms with Gasteiger partial charge in [0.2, 0.25) is 10.0 Å². The van der Waals surface area contributed by atoms with E-state index < -0.39 is 104 Å². The Morgan fingerprint density at radius 3 is 0.949 bits per heavy atom. The van der Waals surface area contributed by atoms with Crippen molar-refractivity contribution in [1.29, 1.82) is 0 Å². The summed E-state index contributed by atoms with van der Waals surface area (Å²) in [7, 11) is -22.2. The average molecular weight is 915 g/mol. The lowest BCUT2D eigenvalue weighted by Gasteiger charge is -2.47. The van der Waals surface area contributed by atoms with Gasteiger partial charge in [-0.05, 0) is 74.0 Å². The van der Waals surface area contributed by atoms with Crippen LogP contribution in [0.5, 0.6) is 0 Å². The fraction of sp³-hybridized carbons (Fsp3) is 1.00. The molecule has 9 fully saturated rings. The van der Waals surface area contributed by atoms with Gasteiger partial charge in [0, 0.05) is 24.9 Å². The maximum absolute atomic E-state index is 14.5. The van der Waals surface area contributed by atoms with Crippen LogP contribution >= 0.6 is 0 Å². The molecule has 5 aliphatic heterocycles. The van der Waals surface area contributed by atoms with Crippen LogP contribution in [0.15, 0.2) is 0 Å². The van der Waals surface area contributed by atoms with Gasteiger partial charge in [0.25, 0.3) is 30.4 Å². The third-order valence-electron chi connectivity index (χ3n) is 15.8. The molecule has 14 N–H and O–H groups in total. The van der Waals surface area contributed by atoms with Crippen LogP contribution in [-0.2, 0) is 40.4 Å². The third-order valence-corrected chi connectivity index (χ3v) is 22.1. The molecule has 8 bridgehead atoms. The van der Waals surface area contributed by atoms with Crippen LogP contribution < -0.4 is 53.0 Å². The van der Waals surface area contributed by atoms with Gasteiger partial charge in [-0.15, -0.1) is 0 Å². The lowest BCUT2D eigenvalue weighted by Crippen LogP contribution is -2.71. The van der Waals surface area contributed by atoms with Crippen molar-refractivity contribution in [3.63, 3.8) is 0 Å². The SMILES string of the molecule is NCCNS(=O)(=O)C1C2C3NC4NC(NC5NC(NC6NC(NC(N3)C2C(S(=O)(=O)O)C(S(=O)(=O)O)C1S(=O)(=O)O)C1CCCCC61)C1CCCCC51)C1CCCCC41. The molecule has 9 aliphatic rings. The summed E-state index contributed by atoms with van der Waals surface area (Å²) in [4.78, 5) is 0. The molecule has 5 heterocycles. The summed E-state index contributed by atoms with van der Waals surface area (Å²) in [5.74, 6) is -2.21. The van der Waals surface area contributed by atoms with Crippen LogP contribution in [0.1, 0.15) is 77.0 Å². The van der Waals surface area contributed by atoms with Crippen molar-refractivity contribution >= 4 is 40.4 Å². The lowest BCUT2D eigenvalue weighted by atomic mass is 9.75. The van der Waals surface area contributed by atoms with Crippen LogP contribution in [0.3, 0.4) is 0 Å². The predicted molar refractivity (Wildman–Crippen MR) is 214 cm³/mol. The Hall–Kier alpha value is -0.720. The Balaban J connectivity index is 1.20. The van der Waals surface area contributed by atoms with Gasteiger partial charge in [-0.1, -0.05) is 38.5 Å². The number of hydrogen-bond acceptors (Lipinski definition) is 17. The first-order valence-corrected chi connectivity index (χ1v) is 27.6. The maximum atomic E-state index is 14.5. The fourth-order valence-electron chi connectivity index (χ4n) is 13.7. The van der Waals surface area contributed by atoms with E-state index in [1.54, 1.807) is 0 Å². The molecule has 4 saturated carbocycles. The molecule has 338 valence electrons. The largest absolute Gasteiger partial charge is 0.329 e. The zero-order chi connectivity index (χ0) is 41.8. The minimum Gasteiger partial charge on any atom is -0.329 e. The third kappa shape index (κ3) is 7.85. The van der Waals surface area contributed by atoms with Crippen LogP contribution in [0.2, 0.25) is 0 Å². The minimum absolute atomic E-state index is 0.00232. The highest BCUT2D eigenvalue weighted by atomic mass is 32.2. The van der Waals surface area contributed by atoms with Crippen molar-refractivity contribution in [2.45, 2.75) is 147 Å². The summed E-state index contributed by atoms with van der Waals surface area (Å²) in [6.45, 7) is -0.633. The van der Waals surface area contributed by atoms with Crippen molar-refractivity contribution in [2.24, 2.45) is 53.1 Å². The van der Waals surface area contributed by atoms with E-state index in [1.165, 1.54) is 0 Å². The van der Waals surface area contributed by atoms with Gasteiger partial charge in [0.15, 0.2) is 0 Å². The van der Waals surface area contributed by atoms with Gasteiger partial charge in [0.1, 0.15) is 21.0 Å². The molecule has 0 aromatic heterocycles. The highest BCUT2D eigenvalue weighted by Gasteiger charge is 2.71. The van der Waals surface area contributed by atoms with E-state index >= 15 is 0 Å². The van der Waals surface area contributed by atoms with Crippen molar-refractivity contribution < 1.29 is 47.3 Å². The Kier molecular flexibility index (Phi) is 11.8. The Morgan fingerprint density at radius 1 is 0.407 bits per heavy atom. The second kappa shape index (κ2) is 16.1. The Labute approximate surface area is 347 Å². The standard InChI is InChI=1S/C34H62N10O11S4/c35-13-14-36-56(45,46)23-21-22(24(57(47,48)49)26(59(53,54)55)25(23)58(50,51)52)34-43-32-20-12-6-4-10-18(20)30(41-32)39-28-16-8-2-1-7-15(16)27(37-28)38-29-17-9-3-5-11-19(17)31(40-29)42-33(21)44-34/h15-34,36-44H,1-14,35H2,(H,47,48,49)(H,50,51,52)(H,53,54,55). The first-order chi connectivity index (χ1) is 27.9. The summed E-state index contributed by atoms with van der Waals surface area (Å²) in [6.07, 6.45) is 7.91. The summed E-state index contributed by atoms with van der Waals surface area (Å²) in [5, 5.41) is 18.8. The molecule has 25 heteroatoms. The molecule has 0 amide bonds. The number of hydrogen-bond donors (Lipinski definition) is 13. The van der Waals surface area contributed by atoms with Crippen molar-refractivity contribution in [3.05, 3.63) is 0 Å². The van der Waals surface area contributed by atoms with Gasteiger partial charge >= 0.3 is 0 Å². The van der Waals surface area contributed by atoms with Gasteiger partial charge in [-0.3, -0.25) is 56.2 Å². The second-order valence-electron chi connectivity index (χ2n) is 18.8. The highest BCUT2D eigenvalue weighted by Crippen LogP contribution is 2.50. The molecule has 0 radical (unpaired) electrons. The molecule has 20 atom stereocenters. The van der Waals surface area contributed by atoms with E-state index in [0.717, 1.165) is 77.0 Å². The van der Waals surface area contributed by atoms with Crippen LogP contribution in [0.25, 0.3) is 0 Å². The number of nitrogens with one attached hydrogen (secondary N) is 9. The normalized spacial score (nSPS) is 49.1. The molecule has 5 saturated heterocycles. The van der Waals surface area contributed by atoms with Crippen LogP contribution in [0.4, 0.5) is 0 Å². The van der Waals surface area contributed by atoms with E-state index in [1.807, 2.05) is 0 Å². The molecule has 0 aromatic rings. The van der Waals surface area contributed by atoms with E-state index in [0.29, 0.717) is 11.8 Å². The molecule has 0 aromatic carbocycles. The first kappa shape index (κ1) is 43.5. The molecule has 0 spiro atoms. The molecular weight excluding hydrogens is 853 g/mol. The molecular formula is C34H62N10O11S4. The number of fused-ring (bicyclic) bond motifs is 20. The molecule has 4 aliphatic carbocycles. The van der Waals surface area contributed by atoms with Gasteiger partial charge in [-0.25, -0.2) is 13.1 Å². The lowest BCUT2D eigenvalue weighted by molar-refractivity contribution is 0.167. The first-order valence-electron chi connectivity index (χ1n) is 21.5. The summed E-state index contributed by atoms with van der Waals surface area (Å²) in [5.41, 5.74) is 5.65. The Morgan fingerprint density at radius 2 is 0.661 bits per heavy atom. The molecule has 9 rings (SSSR count). The van der Waals surface area contributed by atoms with Gasteiger partial charge in [-0.2, -0.15) is 25.3 Å². The van der Waals surface area contributed by atoms with Gasteiger partial charge in [0.05, 0.1) is 49.3 Å². The van der Waals surface area contributed by atoms with Crippen molar-refractivity contribution in [3.8, 4) is 0 Å². The maximum Gasteiger partial charge on any atom is 0.270 e. The van der Waals surface area contributed by atoms with Gasteiger partial charge < -0.3 is 5.73 Å².